The minimum atomic E-state index is -0.551. The highest BCUT2D eigenvalue weighted by Crippen LogP contribution is 2.23. The number of halogens is 4. The summed E-state index contributed by atoms with van der Waals surface area (Å²) in [7, 11) is 0. The zero-order valence-electron chi connectivity index (χ0n) is 10.3. The molecule has 0 aliphatic carbocycles. The van der Waals surface area contributed by atoms with Crippen LogP contribution in [0.2, 0.25) is 15.1 Å². The molecular weight excluding hydrogens is 322 g/mol. The molecule has 5 heteroatoms. The Bertz CT molecular complexity index is 656. The molecule has 20 heavy (non-hydrogen) atoms. The van der Waals surface area contributed by atoms with E-state index >= 15 is 0 Å². The molecule has 2 rings (SSSR count). The SMILES string of the molecule is O=C(Cc1ccc(Cl)cc1Cl)Cc1cccc(Cl)c1F. The van der Waals surface area contributed by atoms with Gasteiger partial charge < -0.3 is 0 Å². The molecule has 0 saturated heterocycles. The molecule has 0 unspecified atom stereocenters. The highest BCUT2D eigenvalue weighted by molar-refractivity contribution is 6.35. The average Bonchev–Trinajstić information content (AvgIpc) is 2.38. The molecule has 2 aromatic carbocycles. The molecule has 0 amide bonds. The Kier molecular flexibility index (Phi) is 5.03. The van der Waals surface area contributed by atoms with E-state index in [2.05, 4.69) is 0 Å². The predicted molar refractivity (Wildman–Crippen MR) is 80.3 cm³/mol. The molecule has 0 bridgehead atoms. The second-order valence-corrected chi connectivity index (χ2v) is 5.59. The van der Waals surface area contributed by atoms with Gasteiger partial charge in [0.1, 0.15) is 11.6 Å². The standard InChI is InChI=1S/C15H10Cl3FO/c16-11-5-4-9(14(18)8-11)6-12(20)7-10-2-1-3-13(17)15(10)19/h1-5,8H,6-7H2. The zero-order chi connectivity index (χ0) is 14.7. The van der Waals surface area contributed by atoms with E-state index in [0.717, 1.165) is 0 Å². The van der Waals surface area contributed by atoms with Crippen molar-refractivity contribution in [3.63, 3.8) is 0 Å². The van der Waals surface area contributed by atoms with Crippen LogP contribution in [0.1, 0.15) is 11.1 Å². The fourth-order valence-electron chi connectivity index (χ4n) is 1.84. The van der Waals surface area contributed by atoms with Crippen LogP contribution in [0.3, 0.4) is 0 Å². The molecule has 0 atom stereocenters. The Hall–Kier alpha value is -1.09. The van der Waals surface area contributed by atoms with Gasteiger partial charge in [0.2, 0.25) is 0 Å². The van der Waals surface area contributed by atoms with Crippen LogP contribution in [0.4, 0.5) is 4.39 Å². The first-order chi connectivity index (χ1) is 9.47. The van der Waals surface area contributed by atoms with Crippen molar-refractivity contribution in [1.29, 1.82) is 0 Å². The quantitative estimate of drug-likeness (QED) is 0.758. The van der Waals surface area contributed by atoms with Crippen molar-refractivity contribution in [2.24, 2.45) is 0 Å². The lowest BCUT2D eigenvalue weighted by molar-refractivity contribution is -0.117. The number of carbonyl (C=O) groups excluding carboxylic acids is 1. The summed E-state index contributed by atoms with van der Waals surface area (Å²) in [6.07, 6.45) is 0.104. The third-order valence-corrected chi connectivity index (χ3v) is 3.70. The first-order valence-corrected chi connectivity index (χ1v) is 6.99. The summed E-state index contributed by atoms with van der Waals surface area (Å²) in [6.45, 7) is 0. The first-order valence-electron chi connectivity index (χ1n) is 5.86. The molecule has 0 N–H and O–H groups in total. The first kappa shape index (κ1) is 15.3. The molecule has 0 heterocycles. The number of benzene rings is 2. The molecule has 104 valence electrons. The summed E-state index contributed by atoms with van der Waals surface area (Å²) in [5, 5.41) is 0.948. The van der Waals surface area contributed by atoms with E-state index in [0.29, 0.717) is 15.6 Å². The van der Waals surface area contributed by atoms with E-state index in [1.165, 1.54) is 6.07 Å². The van der Waals surface area contributed by atoms with Crippen molar-refractivity contribution in [2.45, 2.75) is 12.8 Å². The maximum atomic E-state index is 13.7. The number of ketones is 1. The molecule has 1 nitrogen and oxygen atoms in total. The van der Waals surface area contributed by atoms with Crippen LogP contribution in [0.5, 0.6) is 0 Å². The van der Waals surface area contributed by atoms with Crippen LogP contribution in [0.15, 0.2) is 36.4 Å². The lowest BCUT2D eigenvalue weighted by Crippen LogP contribution is -2.08. The van der Waals surface area contributed by atoms with E-state index in [1.54, 1.807) is 30.3 Å². The number of rotatable bonds is 4. The smallest absolute Gasteiger partial charge is 0.145 e. The van der Waals surface area contributed by atoms with Gasteiger partial charge in [-0.25, -0.2) is 4.39 Å². The summed E-state index contributed by atoms with van der Waals surface area (Å²) in [5.41, 5.74) is 0.955. The third-order valence-electron chi connectivity index (χ3n) is 2.82. The highest BCUT2D eigenvalue weighted by Gasteiger charge is 2.12. The van der Waals surface area contributed by atoms with Crippen molar-refractivity contribution in [1.82, 2.24) is 0 Å². The van der Waals surface area contributed by atoms with Gasteiger partial charge >= 0.3 is 0 Å². The van der Waals surface area contributed by atoms with Crippen LogP contribution in [-0.2, 0) is 17.6 Å². The summed E-state index contributed by atoms with van der Waals surface area (Å²) < 4.78 is 13.7. The minimum Gasteiger partial charge on any atom is -0.299 e. The second kappa shape index (κ2) is 6.57. The minimum absolute atomic E-state index is 0.0137. The molecule has 0 radical (unpaired) electrons. The van der Waals surface area contributed by atoms with Gasteiger partial charge in [-0.15, -0.1) is 0 Å². The molecule has 0 saturated carbocycles. The summed E-state index contributed by atoms with van der Waals surface area (Å²) in [5.74, 6) is -0.694. The van der Waals surface area contributed by atoms with Crippen molar-refractivity contribution in [2.75, 3.05) is 0 Å². The van der Waals surface area contributed by atoms with E-state index in [-0.39, 0.29) is 29.2 Å². The van der Waals surface area contributed by atoms with Crippen LogP contribution in [-0.4, -0.2) is 5.78 Å². The van der Waals surface area contributed by atoms with Crippen LogP contribution < -0.4 is 0 Å². The predicted octanol–water partition coefficient (Wildman–Crippen LogP) is 5.14. The number of hydrogen-bond donors (Lipinski definition) is 0. The van der Waals surface area contributed by atoms with Crippen LogP contribution in [0.25, 0.3) is 0 Å². The molecule has 0 spiro atoms. The maximum Gasteiger partial charge on any atom is 0.145 e. The zero-order valence-corrected chi connectivity index (χ0v) is 12.6. The number of hydrogen-bond acceptors (Lipinski definition) is 1. The van der Waals surface area contributed by atoms with Gasteiger partial charge in [-0.2, -0.15) is 0 Å². The third kappa shape index (κ3) is 3.72. The Labute approximate surface area is 131 Å². The normalized spacial score (nSPS) is 10.6. The van der Waals surface area contributed by atoms with Crippen LogP contribution in [0, 0.1) is 5.82 Å². The second-order valence-electron chi connectivity index (χ2n) is 4.34. The van der Waals surface area contributed by atoms with Gasteiger partial charge in [-0.1, -0.05) is 53.0 Å². The number of Topliss-reactive ketones (excluding diaryl/α,β-unsaturated/α-hetero) is 1. The number of carbonyl (C=O) groups is 1. The Balaban J connectivity index is 2.11. The van der Waals surface area contributed by atoms with Gasteiger partial charge in [0.25, 0.3) is 0 Å². The van der Waals surface area contributed by atoms with E-state index in [1.807, 2.05) is 0 Å². The largest absolute Gasteiger partial charge is 0.299 e. The van der Waals surface area contributed by atoms with E-state index < -0.39 is 5.82 Å². The Morgan fingerprint density at radius 3 is 2.35 bits per heavy atom. The topological polar surface area (TPSA) is 17.1 Å². The fourth-order valence-corrected chi connectivity index (χ4v) is 2.51. The monoisotopic (exact) mass is 330 g/mol. The van der Waals surface area contributed by atoms with Gasteiger partial charge in [0.05, 0.1) is 5.02 Å². The van der Waals surface area contributed by atoms with Crippen molar-refractivity contribution in [3.8, 4) is 0 Å². The Morgan fingerprint density at radius 2 is 1.65 bits per heavy atom. The molecule has 0 aromatic heterocycles. The summed E-state index contributed by atoms with van der Waals surface area (Å²) >= 11 is 17.5. The van der Waals surface area contributed by atoms with Gasteiger partial charge in [0, 0.05) is 22.9 Å². The van der Waals surface area contributed by atoms with Crippen molar-refractivity contribution in [3.05, 3.63) is 68.4 Å². The Morgan fingerprint density at radius 1 is 0.950 bits per heavy atom. The summed E-state index contributed by atoms with van der Waals surface area (Å²) in [4.78, 5) is 12.0. The van der Waals surface area contributed by atoms with E-state index in [4.69, 9.17) is 34.8 Å². The lowest BCUT2D eigenvalue weighted by atomic mass is 10.0. The lowest BCUT2D eigenvalue weighted by Gasteiger charge is -2.06. The average molecular weight is 332 g/mol. The molecule has 2 aromatic rings. The molecular formula is C15H10Cl3FO. The molecule has 0 aliphatic heterocycles. The van der Waals surface area contributed by atoms with Crippen molar-refractivity contribution >= 4 is 40.6 Å². The van der Waals surface area contributed by atoms with Gasteiger partial charge in [0.15, 0.2) is 0 Å². The van der Waals surface area contributed by atoms with E-state index in [9.17, 15) is 9.18 Å². The fraction of sp³-hybridized carbons (Fsp3) is 0.133. The van der Waals surface area contributed by atoms with Crippen molar-refractivity contribution < 1.29 is 9.18 Å². The van der Waals surface area contributed by atoms with Crippen LogP contribution >= 0.6 is 34.8 Å². The van der Waals surface area contributed by atoms with Gasteiger partial charge in [-0.3, -0.25) is 4.79 Å². The highest BCUT2D eigenvalue weighted by atomic mass is 35.5. The molecule has 0 fully saturated rings. The molecule has 0 aliphatic rings. The maximum absolute atomic E-state index is 13.7. The summed E-state index contributed by atoms with van der Waals surface area (Å²) in [6, 6.07) is 9.53. The van der Waals surface area contributed by atoms with Gasteiger partial charge in [-0.05, 0) is 29.3 Å².